The van der Waals surface area contributed by atoms with Gasteiger partial charge >= 0.3 is 0 Å². The molecule has 2 N–H and O–H groups in total. The van der Waals surface area contributed by atoms with Crippen LogP contribution in [0.4, 0.5) is 0 Å². The number of aryl methyl sites for hydroxylation is 2. The topological polar surface area (TPSA) is 56.7 Å². The average Bonchev–Trinajstić information content (AvgIpc) is 2.97. The predicted molar refractivity (Wildman–Crippen MR) is 87.8 cm³/mol. The highest BCUT2D eigenvalue weighted by molar-refractivity contribution is 5.37. The Morgan fingerprint density at radius 3 is 2.55 bits per heavy atom. The molecule has 112 valence electrons. The average molecular weight is 292 g/mol. The van der Waals surface area contributed by atoms with E-state index in [1.807, 2.05) is 22.9 Å². The van der Waals surface area contributed by atoms with Crippen molar-refractivity contribution in [2.75, 3.05) is 0 Å². The van der Waals surface area contributed by atoms with Crippen LogP contribution in [0.3, 0.4) is 0 Å². The van der Waals surface area contributed by atoms with E-state index in [9.17, 15) is 0 Å². The lowest BCUT2D eigenvalue weighted by Gasteiger charge is -2.08. The summed E-state index contributed by atoms with van der Waals surface area (Å²) in [6, 6.07) is 18.7. The van der Waals surface area contributed by atoms with Gasteiger partial charge in [-0.3, -0.25) is 0 Å². The zero-order valence-electron chi connectivity index (χ0n) is 12.7. The first-order chi connectivity index (χ1) is 10.8. The molecule has 0 aliphatic carbocycles. The first kappa shape index (κ1) is 14.5. The molecule has 0 unspecified atom stereocenters. The Labute approximate surface area is 130 Å². The third-order valence-electron chi connectivity index (χ3n) is 3.78. The Bertz CT molecular complexity index is 747. The maximum absolute atomic E-state index is 5.83. The molecule has 3 rings (SSSR count). The minimum atomic E-state index is 0.413. The fourth-order valence-corrected chi connectivity index (χ4v) is 2.62. The smallest absolute Gasteiger partial charge is 0.0999 e. The monoisotopic (exact) mass is 292 g/mol. The number of hydrogen-bond donors (Lipinski definition) is 1. The second-order valence-corrected chi connectivity index (χ2v) is 5.42. The molecule has 4 heteroatoms. The predicted octanol–water partition coefficient (Wildman–Crippen LogP) is 2.82. The number of nitrogens with zero attached hydrogens (tertiary/aromatic N) is 3. The van der Waals surface area contributed by atoms with Crippen LogP contribution >= 0.6 is 0 Å². The van der Waals surface area contributed by atoms with E-state index < -0.39 is 0 Å². The normalized spacial score (nSPS) is 10.8. The number of aromatic nitrogens is 3. The van der Waals surface area contributed by atoms with Gasteiger partial charge in [-0.1, -0.05) is 47.7 Å². The fraction of sp³-hybridized carbons (Fsp3) is 0.222. The summed E-state index contributed by atoms with van der Waals surface area (Å²) < 4.78 is 1.91. The molecule has 0 aliphatic rings. The lowest BCUT2D eigenvalue weighted by molar-refractivity contribution is 0.751. The Kier molecular flexibility index (Phi) is 4.30. The first-order valence-electron chi connectivity index (χ1n) is 7.52. The van der Waals surface area contributed by atoms with Crippen molar-refractivity contribution < 1.29 is 0 Å². The maximum Gasteiger partial charge on any atom is 0.0999 e. The molecule has 1 heterocycles. The quantitative estimate of drug-likeness (QED) is 0.786. The molecule has 2 aromatic carbocycles. The Balaban J connectivity index is 1.90. The van der Waals surface area contributed by atoms with Crippen LogP contribution < -0.4 is 5.73 Å². The number of hydrogen-bond acceptors (Lipinski definition) is 3. The van der Waals surface area contributed by atoms with E-state index in [0.717, 1.165) is 29.9 Å². The van der Waals surface area contributed by atoms with Crippen LogP contribution in [-0.2, 0) is 19.4 Å². The molecular formula is C18H20N4. The van der Waals surface area contributed by atoms with E-state index in [-0.39, 0.29) is 0 Å². The van der Waals surface area contributed by atoms with Crippen molar-refractivity contribution >= 4 is 0 Å². The zero-order chi connectivity index (χ0) is 15.4. The second-order valence-electron chi connectivity index (χ2n) is 5.42. The number of benzene rings is 2. The summed E-state index contributed by atoms with van der Waals surface area (Å²) in [4.78, 5) is 0. The summed E-state index contributed by atoms with van der Waals surface area (Å²) in [5.74, 6) is 0. The van der Waals surface area contributed by atoms with Gasteiger partial charge in [0.1, 0.15) is 0 Å². The van der Waals surface area contributed by atoms with Gasteiger partial charge in [0.15, 0.2) is 0 Å². The van der Waals surface area contributed by atoms with Gasteiger partial charge < -0.3 is 5.73 Å². The van der Waals surface area contributed by atoms with Crippen LogP contribution in [0, 0.1) is 6.92 Å². The summed E-state index contributed by atoms with van der Waals surface area (Å²) in [5, 5.41) is 8.54. The van der Waals surface area contributed by atoms with Crippen molar-refractivity contribution in [1.82, 2.24) is 15.0 Å². The molecule has 22 heavy (non-hydrogen) atoms. The van der Waals surface area contributed by atoms with Gasteiger partial charge in [0, 0.05) is 6.54 Å². The van der Waals surface area contributed by atoms with E-state index in [4.69, 9.17) is 5.73 Å². The van der Waals surface area contributed by atoms with Crippen LogP contribution in [0.1, 0.15) is 22.5 Å². The standard InChI is InChI=1S/C18H20N4/c1-14-6-5-9-16(12-14)22-18(17(13-19)20-21-22)11-10-15-7-3-2-4-8-15/h2-9,12H,10-11,13,19H2,1H3. The van der Waals surface area contributed by atoms with Crippen LogP contribution in [-0.4, -0.2) is 15.0 Å². The molecule has 3 aromatic rings. The van der Waals surface area contributed by atoms with Gasteiger partial charge in [-0.05, 0) is 43.0 Å². The van der Waals surface area contributed by atoms with E-state index in [0.29, 0.717) is 6.54 Å². The highest BCUT2D eigenvalue weighted by Crippen LogP contribution is 2.16. The van der Waals surface area contributed by atoms with Crippen molar-refractivity contribution in [3.05, 3.63) is 77.1 Å². The van der Waals surface area contributed by atoms with Crippen LogP contribution in [0.25, 0.3) is 5.69 Å². The van der Waals surface area contributed by atoms with Gasteiger partial charge in [0.25, 0.3) is 0 Å². The minimum absolute atomic E-state index is 0.413. The summed E-state index contributed by atoms with van der Waals surface area (Å²) in [7, 11) is 0. The van der Waals surface area contributed by atoms with E-state index in [2.05, 4.69) is 53.6 Å². The third kappa shape index (κ3) is 3.07. The van der Waals surface area contributed by atoms with Gasteiger partial charge in [0.05, 0.1) is 17.1 Å². The lowest BCUT2D eigenvalue weighted by atomic mass is 10.1. The maximum atomic E-state index is 5.83. The van der Waals surface area contributed by atoms with Crippen LogP contribution in [0.15, 0.2) is 54.6 Å². The fourth-order valence-electron chi connectivity index (χ4n) is 2.62. The number of rotatable bonds is 5. The summed E-state index contributed by atoms with van der Waals surface area (Å²) >= 11 is 0. The molecule has 0 saturated carbocycles. The molecule has 0 saturated heterocycles. The molecule has 0 radical (unpaired) electrons. The van der Waals surface area contributed by atoms with Crippen LogP contribution in [0.5, 0.6) is 0 Å². The van der Waals surface area contributed by atoms with Crippen molar-refractivity contribution in [2.24, 2.45) is 5.73 Å². The molecule has 0 spiro atoms. The summed E-state index contributed by atoms with van der Waals surface area (Å²) in [6.07, 6.45) is 1.82. The van der Waals surface area contributed by atoms with Gasteiger partial charge in [-0.2, -0.15) is 0 Å². The minimum Gasteiger partial charge on any atom is -0.325 e. The van der Waals surface area contributed by atoms with E-state index in [1.165, 1.54) is 11.1 Å². The van der Waals surface area contributed by atoms with E-state index >= 15 is 0 Å². The Morgan fingerprint density at radius 2 is 1.82 bits per heavy atom. The molecule has 1 aromatic heterocycles. The largest absolute Gasteiger partial charge is 0.325 e. The molecule has 0 fully saturated rings. The Hall–Kier alpha value is -2.46. The molecule has 0 aliphatic heterocycles. The lowest BCUT2D eigenvalue weighted by Crippen LogP contribution is -2.08. The van der Waals surface area contributed by atoms with E-state index in [1.54, 1.807) is 0 Å². The molecule has 0 amide bonds. The number of nitrogens with two attached hydrogens (primary N) is 1. The second kappa shape index (κ2) is 6.54. The van der Waals surface area contributed by atoms with Crippen LogP contribution in [0.2, 0.25) is 0 Å². The molecule has 0 atom stereocenters. The highest BCUT2D eigenvalue weighted by atomic mass is 15.4. The first-order valence-corrected chi connectivity index (χ1v) is 7.52. The molecule has 0 bridgehead atoms. The summed E-state index contributed by atoms with van der Waals surface area (Å²) in [6.45, 7) is 2.49. The molecular weight excluding hydrogens is 272 g/mol. The van der Waals surface area contributed by atoms with Gasteiger partial charge in [-0.15, -0.1) is 5.10 Å². The highest BCUT2D eigenvalue weighted by Gasteiger charge is 2.13. The van der Waals surface area contributed by atoms with Crippen molar-refractivity contribution in [3.8, 4) is 5.69 Å². The third-order valence-corrected chi connectivity index (χ3v) is 3.78. The Morgan fingerprint density at radius 1 is 1.00 bits per heavy atom. The summed E-state index contributed by atoms with van der Waals surface area (Å²) in [5.41, 5.74) is 11.3. The zero-order valence-corrected chi connectivity index (χ0v) is 12.7. The van der Waals surface area contributed by atoms with Gasteiger partial charge in [-0.25, -0.2) is 4.68 Å². The SMILES string of the molecule is Cc1cccc(-n2nnc(CN)c2CCc2ccccc2)c1. The van der Waals surface area contributed by atoms with Crippen molar-refractivity contribution in [1.29, 1.82) is 0 Å². The van der Waals surface area contributed by atoms with Crippen molar-refractivity contribution in [2.45, 2.75) is 26.3 Å². The molecule has 4 nitrogen and oxygen atoms in total. The van der Waals surface area contributed by atoms with Crippen molar-refractivity contribution in [3.63, 3.8) is 0 Å². The van der Waals surface area contributed by atoms with Gasteiger partial charge in [0.2, 0.25) is 0 Å².